The molecule has 1 saturated carbocycles. The molecule has 1 aromatic carbocycles. The van der Waals surface area contributed by atoms with Gasteiger partial charge in [-0.3, -0.25) is 4.98 Å². The van der Waals surface area contributed by atoms with Gasteiger partial charge in [-0.05, 0) is 49.2 Å². The van der Waals surface area contributed by atoms with Crippen molar-refractivity contribution in [3.63, 3.8) is 0 Å². The fourth-order valence-electron chi connectivity index (χ4n) is 3.57. The maximum absolute atomic E-state index is 14.2. The number of nitriles is 1. The first kappa shape index (κ1) is 18.0. The minimum absolute atomic E-state index is 0.223. The van der Waals surface area contributed by atoms with Crippen molar-refractivity contribution in [3.05, 3.63) is 71.8 Å². The number of alkyl halides is 1. The van der Waals surface area contributed by atoms with Crippen LogP contribution in [0.5, 0.6) is 0 Å². The number of benzene rings is 1. The molecule has 140 valence electrons. The summed E-state index contributed by atoms with van der Waals surface area (Å²) in [5.74, 6) is 0.0909. The molecule has 1 aliphatic carbocycles. The third-order valence-electron chi connectivity index (χ3n) is 5.05. The van der Waals surface area contributed by atoms with Gasteiger partial charge in [-0.15, -0.1) is 10.2 Å². The van der Waals surface area contributed by atoms with Crippen LogP contribution in [-0.2, 0) is 5.41 Å². The van der Waals surface area contributed by atoms with Gasteiger partial charge in [-0.25, -0.2) is 8.78 Å². The smallest absolute Gasteiger partial charge is 0.148 e. The number of anilines is 1. The molecule has 1 fully saturated rings. The molecule has 5 nitrogen and oxygen atoms in total. The summed E-state index contributed by atoms with van der Waals surface area (Å²) in [5, 5.41) is 20.5. The van der Waals surface area contributed by atoms with Gasteiger partial charge in [0.1, 0.15) is 17.8 Å². The van der Waals surface area contributed by atoms with E-state index in [1.807, 2.05) is 6.07 Å². The lowest BCUT2D eigenvalue weighted by Crippen LogP contribution is -2.49. The van der Waals surface area contributed by atoms with Crippen molar-refractivity contribution in [1.82, 2.24) is 15.2 Å². The van der Waals surface area contributed by atoms with E-state index in [4.69, 9.17) is 5.26 Å². The molecule has 0 saturated heterocycles. The molecule has 7 heteroatoms. The fourth-order valence-corrected chi connectivity index (χ4v) is 3.57. The number of hydrogen-bond acceptors (Lipinski definition) is 5. The molecule has 0 aliphatic heterocycles. The highest BCUT2D eigenvalue weighted by Crippen LogP contribution is 2.45. The van der Waals surface area contributed by atoms with E-state index < -0.39 is 17.4 Å². The topological polar surface area (TPSA) is 74.5 Å². The minimum Gasteiger partial charge on any atom is -0.368 e. The zero-order valence-electron chi connectivity index (χ0n) is 14.9. The normalized spacial score (nSPS) is 20.8. The van der Waals surface area contributed by atoms with Gasteiger partial charge in [0, 0.05) is 23.7 Å². The van der Waals surface area contributed by atoms with Gasteiger partial charge >= 0.3 is 0 Å². The van der Waals surface area contributed by atoms with Crippen molar-refractivity contribution >= 4 is 5.82 Å². The predicted molar refractivity (Wildman–Crippen MR) is 101 cm³/mol. The number of nitrogens with one attached hydrogen (secondary N) is 1. The molecule has 0 unspecified atom stereocenters. The average molecular weight is 377 g/mol. The Bertz CT molecular complexity index is 1020. The Morgan fingerprint density at radius 1 is 1.14 bits per heavy atom. The van der Waals surface area contributed by atoms with E-state index in [1.54, 1.807) is 30.3 Å². The summed E-state index contributed by atoms with van der Waals surface area (Å²) in [5.41, 5.74) is 1.58. The van der Waals surface area contributed by atoms with Crippen LogP contribution in [0.4, 0.5) is 14.6 Å². The van der Waals surface area contributed by atoms with Gasteiger partial charge in [-0.1, -0.05) is 12.1 Å². The molecule has 28 heavy (non-hydrogen) atoms. The number of pyridine rings is 1. The maximum Gasteiger partial charge on any atom is 0.148 e. The molecule has 0 spiro atoms. The summed E-state index contributed by atoms with van der Waals surface area (Å²) >= 11 is 0. The van der Waals surface area contributed by atoms with Gasteiger partial charge in [0.2, 0.25) is 0 Å². The van der Waals surface area contributed by atoms with E-state index in [0.717, 1.165) is 5.56 Å². The molecule has 2 heterocycles. The highest BCUT2D eigenvalue weighted by molar-refractivity contribution is 5.61. The Kier molecular flexibility index (Phi) is 4.70. The number of rotatable bonds is 5. The lowest BCUT2D eigenvalue weighted by Gasteiger charge is -2.44. The van der Waals surface area contributed by atoms with Crippen LogP contribution in [0, 0.1) is 17.1 Å². The molecular weight excluding hydrogens is 360 g/mol. The minimum atomic E-state index is -0.955. The summed E-state index contributed by atoms with van der Waals surface area (Å²) in [7, 11) is 0. The van der Waals surface area contributed by atoms with E-state index in [-0.39, 0.29) is 18.5 Å². The van der Waals surface area contributed by atoms with Gasteiger partial charge in [-0.2, -0.15) is 5.26 Å². The number of halogens is 2. The van der Waals surface area contributed by atoms with Crippen LogP contribution in [0.3, 0.4) is 0 Å². The first-order valence-electron chi connectivity index (χ1n) is 8.93. The first-order chi connectivity index (χ1) is 13.6. The second kappa shape index (κ2) is 7.31. The van der Waals surface area contributed by atoms with Crippen LogP contribution in [0.25, 0.3) is 11.3 Å². The summed E-state index contributed by atoms with van der Waals surface area (Å²) in [6, 6.07) is 15.6. The van der Waals surface area contributed by atoms with Crippen LogP contribution in [0.2, 0.25) is 0 Å². The van der Waals surface area contributed by atoms with E-state index in [1.165, 1.54) is 18.3 Å². The zero-order chi connectivity index (χ0) is 19.6. The molecule has 4 rings (SSSR count). The van der Waals surface area contributed by atoms with Gasteiger partial charge in [0.25, 0.3) is 0 Å². The maximum atomic E-state index is 14.2. The van der Waals surface area contributed by atoms with E-state index in [0.29, 0.717) is 23.6 Å². The highest BCUT2D eigenvalue weighted by atomic mass is 19.1. The molecule has 2 aromatic heterocycles. The van der Waals surface area contributed by atoms with E-state index in [2.05, 4.69) is 26.6 Å². The van der Waals surface area contributed by atoms with E-state index in [9.17, 15) is 8.78 Å². The average Bonchev–Trinajstić information content (AvgIpc) is 2.71. The monoisotopic (exact) mass is 377 g/mol. The quantitative estimate of drug-likeness (QED) is 0.727. The lowest BCUT2D eigenvalue weighted by atomic mass is 9.65. The lowest BCUT2D eigenvalue weighted by molar-refractivity contribution is 0.0964. The largest absolute Gasteiger partial charge is 0.368 e. The Morgan fingerprint density at radius 2 is 2.00 bits per heavy atom. The Labute approximate surface area is 161 Å². The van der Waals surface area contributed by atoms with Gasteiger partial charge < -0.3 is 5.32 Å². The second-order valence-electron chi connectivity index (χ2n) is 6.97. The van der Waals surface area contributed by atoms with Crippen molar-refractivity contribution in [1.29, 1.82) is 5.26 Å². The molecule has 0 amide bonds. The Morgan fingerprint density at radius 3 is 2.68 bits per heavy atom. The predicted octanol–water partition coefficient (Wildman–Crippen LogP) is 4.03. The standard InChI is InChI=1S/C21H17F2N5/c22-16-10-21(11-16,20-17(23)5-2-8-25-20)13-26-19-7-6-18(27-28-19)15-4-1-3-14(9-15)12-24/h1-9,16H,10-11,13H2,(H,26,28). The van der Waals surface area contributed by atoms with Crippen LogP contribution >= 0.6 is 0 Å². The summed E-state index contributed by atoms with van der Waals surface area (Å²) < 4.78 is 27.8. The van der Waals surface area contributed by atoms with Gasteiger partial charge in [0.05, 0.1) is 23.0 Å². The SMILES string of the molecule is N#Cc1cccc(-c2ccc(NCC3(c4ncccc4F)CC(F)C3)nn2)c1. The molecular formula is C21H17F2N5. The number of hydrogen-bond donors (Lipinski definition) is 1. The molecule has 1 aliphatic rings. The molecule has 0 bridgehead atoms. The third kappa shape index (κ3) is 3.41. The molecule has 3 aromatic rings. The van der Waals surface area contributed by atoms with Gasteiger partial charge in [0.15, 0.2) is 0 Å². The summed E-state index contributed by atoms with van der Waals surface area (Å²) in [6.07, 6.45) is 1.01. The second-order valence-corrected chi connectivity index (χ2v) is 6.97. The van der Waals surface area contributed by atoms with Crippen molar-refractivity contribution in [2.24, 2.45) is 0 Å². The van der Waals surface area contributed by atoms with E-state index >= 15 is 0 Å². The summed E-state index contributed by atoms with van der Waals surface area (Å²) in [4.78, 5) is 4.15. The van der Waals surface area contributed by atoms with Crippen molar-refractivity contribution in [2.45, 2.75) is 24.4 Å². The first-order valence-corrected chi connectivity index (χ1v) is 8.93. The fraction of sp³-hybridized carbons (Fsp3) is 0.238. The number of aromatic nitrogens is 3. The van der Waals surface area contributed by atoms with Crippen molar-refractivity contribution < 1.29 is 8.78 Å². The Balaban J connectivity index is 1.50. The summed E-state index contributed by atoms with van der Waals surface area (Å²) in [6.45, 7) is 0.319. The molecule has 0 atom stereocenters. The Hall–Kier alpha value is -3.40. The molecule has 0 radical (unpaired) electrons. The van der Waals surface area contributed by atoms with Crippen molar-refractivity contribution in [3.8, 4) is 17.3 Å². The third-order valence-corrected chi connectivity index (χ3v) is 5.05. The van der Waals surface area contributed by atoms with Crippen LogP contribution in [0.15, 0.2) is 54.7 Å². The van der Waals surface area contributed by atoms with Crippen molar-refractivity contribution in [2.75, 3.05) is 11.9 Å². The van der Waals surface area contributed by atoms with Crippen LogP contribution in [-0.4, -0.2) is 27.9 Å². The van der Waals surface area contributed by atoms with Crippen LogP contribution < -0.4 is 5.32 Å². The number of nitrogens with zero attached hydrogens (tertiary/aromatic N) is 4. The molecule has 1 N–H and O–H groups in total. The highest BCUT2D eigenvalue weighted by Gasteiger charge is 2.48. The zero-order valence-corrected chi connectivity index (χ0v) is 14.9. The van der Waals surface area contributed by atoms with Crippen LogP contribution in [0.1, 0.15) is 24.1 Å².